The van der Waals surface area contributed by atoms with E-state index in [-0.39, 0.29) is 41.6 Å². The number of hydrogen-bond acceptors (Lipinski definition) is 6. The van der Waals surface area contributed by atoms with Crippen molar-refractivity contribution in [1.82, 2.24) is 4.90 Å². The Bertz CT molecular complexity index is 1320. The van der Waals surface area contributed by atoms with E-state index in [0.717, 1.165) is 22.4 Å². The van der Waals surface area contributed by atoms with Crippen molar-refractivity contribution in [2.24, 2.45) is 11.8 Å². The van der Waals surface area contributed by atoms with Crippen LogP contribution in [0.1, 0.15) is 30.0 Å². The summed E-state index contributed by atoms with van der Waals surface area (Å²) in [7, 11) is 0. The van der Waals surface area contributed by atoms with Crippen molar-refractivity contribution < 1.29 is 24.2 Å². The second-order valence-corrected chi connectivity index (χ2v) is 13.9. The van der Waals surface area contributed by atoms with Crippen LogP contribution in [0, 0.1) is 25.7 Å². The summed E-state index contributed by atoms with van der Waals surface area (Å²) in [5, 5.41) is 10.5. The first-order valence-electron chi connectivity index (χ1n) is 14.1. The Kier molecular flexibility index (Phi) is 8.69. The molecule has 9 heteroatoms. The van der Waals surface area contributed by atoms with Crippen LogP contribution in [0.4, 0.5) is 5.69 Å². The van der Waals surface area contributed by atoms with Crippen LogP contribution < -0.4 is 4.90 Å². The quantitative estimate of drug-likeness (QED) is 0.235. The Morgan fingerprint density at radius 2 is 1.90 bits per heavy atom. The minimum atomic E-state index is -0.880. The molecule has 3 saturated heterocycles. The van der Waals surface area contributed by atoms with Crippen LogP contribution in [-0.2, 0) is 25.5 Å². The van der Waals surface area contributed by atoms with Gasteiger partial charge in [0.1, 0.15) is 6.04 Å². The van der Waals surface area contributed by atoms with E-state index < -0.39 is 34.6 Å². The van der Waals surface area contributed by atoms with E-state index in [9.17, 15) is 19.5 Å². The average molecular weight is 642 g/mol. The number of carbonyl (C=O) groups excluding carboxylic acids is 3. The summed E-state index contributed by atoms with van der Waals surface area (Å²) >= 11 is 5.37. The predicted octanol–water partition coefficient (Wildman–Crippen LogP) is 4.45. The van der Waals surface area contributed by atoms with Crippen LogP contribution in [-0.4, -0.2) is 74.5 Å². The molecule has 0 radical (unpaired) electrons. The molecule has 3 unspecified atom stereocenters. The van der Waals surface area contributed by atoms with Crippen LogP contribution in [0.25, 0.3) is 0 Å². The van der Waals surface area contributed by atoms with E-state index in [0.29, 0.717) is 12.8 Å². The molecule has 1 spiro atoms. The van der Waals surface area contributed by atoms with Gasteiger partial charge in [-0.1, -0.05) is 70.5 Å². The number of aryl methyl sites for hydroxylation is 2. The van der Waals surface area contributed by atoms with Gasteiger partial charge in [0.05, 0.1) is 35.8 Å². The number of fused-ring (bicyclic) bond motifs is 1. The van der Waals surface area contributed by atoms with E-state index in [4.69, 9.17) is 4.74 Å². The number of thioether (sulfide) groups is 1. The number of ether oxygens (including phenoxy) is 1. The van der Waals surface area contributed by atoms with Crippen molar-refractivity contribution in [3.05, 3.63) is 77.9 Å². The number of anilines is 1. The number of hydrogen-bond donors (Lipinski definition) is 1. The number of carbonyl (C=O) groups is 3. The molecule has 2 bridgehead atoms. The normalized spacial score (nSPS) is 28.9. The first kappa shape index (κ1) is 29.9. The molecule has 3 aliphatic rings. The maximum atomic E-state index is 15.0. The number of esters is 1. The molecule has 218 valence electrons. The maximum Gasteiger partial charge on any atom is 0.310 e. The predicted molar refractivity (Wildman–Crippen MR) is 165 cm³/mol. The van der Waals surface area contributed by atoms with Gasteiger partial charge < -0.3 is 19.6 Å². The molecule has 7 atom stereocenters. The van der Waals surface area contributed by atoms with Crippen molar-refractivity contribution in [2.45, 2.75) is 60.5 Å². The van der Waals surface area contributed by atoms with E-state index >= 15 is 0 Å². The Morgan fingerprint density at radius 1 is 1.22 bits per heavy atom. The third kappa shape index (κ3) is 4.93. The lowest BCUT2D eigenvalue weighted by Gasteiger charge is -2.40. The molecule has 0 saturated carbocycles. The minimum Gasteiger partial charge on any atom is -0.466 e. The summed E-state index contributed by atoms with van der Waals surface area (Å²) in [6, 6.07) is 14.0. The summed E-state index contributed by atoms with van der Waals surface area (Å²) in [4.78, 5) is 46.1. The topological polar surface area (TPSA) is 87.2 Å². The lowest BCUT2D eigenvalue weighted by Crippen LogP contribution is -2.58. The summed E-state index contributed by atoms with van der Waals surface area (Å²) in [6.45, 7) is 9.79. The van der Waals surface area contributed by atoms with Gasteiger partial charge in [0.2, 0.25) is 5.91 Å². The number of nitrogens with zero attached hydrogens (tertiary/aromatic N) is 2. The van der Waals surface area contributed by atoms with E-state index in [2.05, 4.69) is 22.5 Å². The highest BCUT2D eigenvalue weighted by Gasteiger charge is 2.76. The fourth-order valence-corrected chi connectivity index (χ4v) is 10.8. The monoisotopic (exact) mass is 640 g/mol. The van der Waals surface area contributed by atoms with Gasteiger partial charge in [-0.15, -0.1) is 18.3 Å². The van der Waals surface area contributed by atoms with Gasteiger partial charge in [-0.2, -0.15) is 0 Å². The molecule has 2 aromatic carbocycles. The molecule has 2 aromatic rings. The number of alkyl halides is 1. The van der Waals surface area contributed by atoms with Gasteiger partial charge >= 0.3 is 5.97 Å². The Labute approximate surface area is 254 Å². The third-order valence-corrected chi connectivity index (χ3v) is 11.9. The first-order valence-corrected chi connectivity index (χ1v) is 15.9. The highest BCUT2D eigenvalue weighted by atomic mass is 79.9. The number of rotatable bonds is 10. The number of aliphatic hydroxyl groups excluding tert-OH is 1. The molecule has 2 amide bonds. The molecule has 0 aromatic heterocycles. The van der Waals surface area contributed by atoms with Crippen molar-refractivity contribution in [3.63, 3.8) is 0 Å². The number of para-hydroxylation sites is 1. The van der Waals surface area contributed by atoms with Gasteiger partial charge in [0.15, 0.2) is 0 Å². The van der Waals surface area contributed by atoms with Crippen LogP contribution in [0.2, 0.25) is 0 Å². The molecule has 41 heavy (non-hydrogen) atoms. The summed E-state index contributed by atoms with van der Waals surface area (Å²) in [6.07, 6.45) is 2.64. The van der Waals surface area contributed by atoms with Gasteiger partial charge in [-0.05, 0) is 50.3 Å². The number of amides is 2. The molecule has 5 rings (SSSR count). The van der Waals surface area contributed by atoms with Crippen LogP contribution in [0.15, 0.2) is 61.2 Å². The van der Waals surface area contributed by atoms with Crippen molar-refractivity contribution in [1.29, 1.82) is 0 Å². The zero-order valence-corrected chi connectivity index (χ0v) is 26.1. The SMILES string of the molecule is C=CCN(C(=O)C1N([C@@H](CO)Cc2ccccc2)C(=O)[C@@H]2[C@@H](C(=O)OCC)[C@@H]3SC12CC3Br)c1c(C)cccc1C. The van der Waals surface area contributed by atoms with Crippen molar-refractivity contribution in [2.75, 3.05) is 24.7 Å². The Morgan fingerprint density at radius 3 is 2.51 bits per heavy atom. The van der Waals surface area contributed by atoms with Gasteiger partial charge in [0, 0.05) is 22.3 Å². The minimum absolute atomic E-state index is 0.0593. The smallest absolute Gasteiger partial charge is 0.310 e. The lowest BCUT2D eigenvalue weighted by molar-refractivity contribution is -0.154. The fraction of sp³-hybridized carbons (Fsp3) is 0.469. The molecular formula is C32H37BrN2O5S. The number of benzene rings is 2. The summed E-state index contributed by atoms with van der Waals surface area (Å²) < 4.78 is 4.64. The second kappa shape index (κ2) is 11.9. The molecule has 7 nitrogen and oxygen atoms in total. The van der Waals surface area contributed by atoms with Gasteiger partial charge in [-0.25, -0.2) is 0 Å². The maximum absolute atomic E-state index is 15.0. The molecule has 3 fully saturated rings. The molecule has 3 heterocycles. The molecule has 3 aliphatic heterocycles. The van der Waals surface area contributed by atoms with E-state index in [1.807, 2.05) is 62.4 Å². The van der Waals surface area contributed by atoms with Gasteiger partial charge in [0.25, 0.3) is 5.91 Å². The third-order valence-electron chi connectivity index (χ3n) is 8.73. The average Bonchev–Trinajstić information content (AvgIpc) is 3.55. The Hall–Kier alpha value is -2.62. The van der Waals surface area contributed by atoms with Crippen LogP contribution in [0.5, 0.6) is 0 Å². The van der Waals surface area contributed by atoms with Gasteiger partial charge in [-0.3, -0.25) is 14.4 Å². The van der Waals surface area contributed by atoms with Crippen LogP contribution >= 0.6 is 27.7 Å². The van der Waals surface area contributed by atoms with E-state index in [1.165, 1.54) is 0 Å². The summed E-state index contributed by atoms with van der Waals surface area (Å²) in [5.41, 5.74) is 3.64. The largest absolute Gasteiger partial charge is 0.466 e. The van der Waals surface area contributed by atoms with Crippen molar-refractivity contribution >= 4 is 51.2 Å². The Balaban J connectivity index is 1.65. The zero-order valence-electron chi connectivity index (χ0n) is 23.7. The second-order valence-electron chi connectivity index (χ2n) is 11.2. The first-order chi connectivity index (χ1) is 19.7. The van der Waals surface area contributed by atoms with E-state index in [1.54, 1.807) is 34.6 Å². The zero-order chi connectivity index (χ0) is 29.5. The number of likely N-dealkylation sites (tertiary alicyclic amines) is 1. The highest BCUT2D eigenvalue weighted by Crippen LogP contribution is 2.68. The highest BCUT2D eigenvalue weighted by molar-refractivity contribution is 9.09. The fourth-order valence-electron chi connectivity index (χ4n) is 7.18. The van der Waals surface area contributed by atoms with Crippen LogP contribution in [0.3, 0.4) is 0 Å². The molecule has 1 N–H and O–H groups in total. The molecular weight excluding hydrogens is 604 g/mol. The lowest BCUT2D eigenvalue weighted by atomic mass is 9.71. The number of halogens is 1. The van der Waals surface area contributed by atoms with Crippen molar-refractivity contribution in [3.8, 4) is 0 Å². The number of aliphatic hydroxyl groups is 1. The summed E-state index contributed by atoms with van der Waals surface area (Å²) in [5.74, 6) is -2.26. The standard InChI is InChI=1S/C32H37BrN2O5S/c1-5-15-34(26-19(3)11-10-12-20(26)4)30(38)28-32-17-23(33)27(41-32)24(31(39)40-6-2)25(32)29(37)35(28)22(18-36)16-21-13-8-7-9-14-21/h5,7-14,22-25,27-28,36H,1,6,15-18H2,2-4H3/t22-,23?,24-,25+,27-,28?,32?/m1/s1. The molecule has 0 aliphatic carbocycles.